The molecule has 12 N–H and O–H groups in total. The lowest BCUT2D eigenvalue weighted by Crippen LogP contribution is -2.52. The number of nitro benzene ring substituents is 10. The van der Waals surface area contributed by atoms with Gasteiger partial charge in [-0.15, -0.1) is 0 Å². The normalized spacial score (nSPS) is 12.1. The molecule has 2 unspecified atom stereocenters. The molecule has 4 heterocycles. The van der Waals surface area contributed by atoms with Crippen LogP contribution in [0.2, 0.25) is 0 Å². The van der Waals surface area contributed by atoms with E-state index in [1.165, 1.54) is 78.9 Å². The molecule has 9 aromatic rings. The van der Waals surface area contributed by atoms with E-state index in [4.69, 9.17) is 5.73 Å². The summed E-state index contributed by atoms with van der Waals surface area (Å²) >= 11 is 13.8. The van der Waals surface area contributed by atoms with Crippen LogP contribution in [0.5, 0.6) is 11.8 Å². The highest BCUT2D eigenvalue weighted by molar-refractivity contribution is 8.24. The summed E-state index contributed by atoms with van der Waals surface area (Å²) in [5, 5.41) is 153. The second kappa shape index (κ2) is 52.3. The molecule has 2 aliphatic heterocycles. The molecule has 0 radical (unpaired) electrons. The summed E-state index contributed by atoms with van der Waals surface area (Å²) in [5.41, 5.74) is -3.73. The summed E-state index contributed by atoms with van der Waals surface area (Å²) in [6.45, 7) is 9.53. The van der Waals surface area contributed by atoms with Gasteiger partial charge in [0.15, 0.2) is 28.1 Å². The molecule has 2 atom stereocenters. The lowest BCUT2D eigenvalue weighted by atomic mass is 10.1. The largest absolute Gasteiger partial charge is 0.490 e. The number of halogens is 3. The minimum absolute atomic E-state index is 0.0191. The van der Waals surface area contributed by atoms with Gasteiger partial charge in [0, 0.05) is 82.6 Å². The number of nitrogens with zero attached hydrogens (tertiary/aromatic N) is 14. The summed E-state index contributed by atoms with van der Waals surface area (Å²) in [7, 11) is 0. The maximum atomic E-state index is 12.1. The lowest BCUT2D eigenvalue weighted by Gasteiger charge is -2.30. The third kappa shape index (κ3) is 30.8. The predicted molar refractivity (Wildman–Crippen MR) is 473 cm³/mol. The van der Waals surface area contributed by atoms with E-state index in [0.29, 0.717) is 10.1 Å². The zero-order chi connectivity index (χ0) is 106. The fourth-order valence-electron chi connectivity index (χ4n) is 11.1. The summed E-state index contributed by atoms with van der Waals surface area (Å²) < 4.78 is 37.4. The third-order valence-corrected chi connectivity index (χ3v) is 16.6. The number of aromatic nitrogens is 4. The van der Waals surface area contributed by atoms with Crippen LogP contribution in [0.4, 0.5) is 96.7 Å². The van der Waals surface area contributed by atoms with Crippen molar-refractivity contribution in [2.75, 3.05) is 76.8 Å². The van der Waals surface area contributed by atoms with Gasteiger partial charge in [0.2, 0.25) is 23.9 Å². The monoisotopic (exact) mass is 2050 g/mol. The van der Waals surface area contributed by atoms with Gasteiger partial charge < -0.3 is 75.6 Å². The van der Waals surface area contributed by atoms with Crippen LogP contribution in [0.25, 0.3) is 22.1 Å². The number of non-ortho nitro benzene ring substituents is 2. The average molecular weight is 2050 g/mol. The molecule has 0 aliphatic carbocycles. The number of aromatic amines is 2. The van der Waals surface area contributed by atoms with E-state index < -0.39 is 225 Å². The molecule has 0 saturated carbocycles. The van der Waals surface area contributed by atoms with E-state index in [-0.39, 0.29) is 105 Å². The molecule has 4 amide bonds. The number of ether oxygens (including phenoxy) is 6. The first-order valence-corrected chi connectivity index (χ1v) is 42.4. The second-order valence-corrected chi connectivity index (χ2v) is 32.1. The fourth-order valence-corrected chi connectivity index (χ4v) is 11.1. The lowest BCUT2D eigenvalue weighted by molar-refractivity contribution is -0.470. The number of hydrogen-bond donors (Lipinski definition) is 11. The SMILES string of the molecule is CCOC(=O)C1C(=O)Nc2c(cccc2[N+](=O)[O-])N1O.CCOC(=O)C1C(=O)Nc2c(cccc2[N+](=O)[O-])N1O.CCOC(=O)CC(=O)Nc1c([N+](=O)[O-])cccc1[N+](=O)[O-].CCOC(=O)CC(=O)Nc1c([N+](=O)[O-])cccc1[N+](=O)[O-].CCOC(=O)c1c(O)[nH]c2c([N+](=O)[O-])cccc2[n+]1=O.CCOC(=O)c1c(O)[nH]c2c([N+](=O)[O-])cccc2[n+]1=O.Nc1c([N+](=O)[O-])cccc1[N+](=O)[O-].O=P(Cl)(Cl)Cl. The Morgan fingerprint density at radius 1 is 0.400 bits per heavy atom. The number of benzene rings is 7. The van der Waals surface area contributed by atoms with Crippen LogP contribution < -0.4 is 46.0 Å². The van der Waals surface area contributed by atoms with Crippen LogP contribution in [-0.2, 0) is 71.3 Å². The van der Waals surface area contributed by atoms with Crippen molar-refractivity contribution in [1.82, 2.24) is 9.97 Å². The van der Waals surface area contributed by atoms with Crippen molar-refractivity contribution in [3.8, 4) is 11.8 Å². The van der Waals surface area contributed by atoms with E-state index in [0.717, 1.165) is 48.5 Å². The van der Waals surface area contributed by atoms with Crippen LogP contribution in [-0.4, -0.2) is 191 Å². The van der Waals surface area contributed by atoms with E-state index in [2.05, 4.69) is 82.7 Å². The van der Waals surface area contributed by atoms with Gasteiger partial charge in [0.25, 0.3) is 91.5 Å². The van der Waals surface area contributed by atoms with Crippen molar-refractivity contribution in [2.45, 2.75) is 66.5 Å². The molecule has 2 aromatic heterocycles. The molecule has 64 nitrogen and oxygen atoms in total. The van der Waals surface area contributed by atoms with Crippen LogP contribution in [0, 0.1) is 111 Å². The Morgan fingerprint density at radius 3 is 0.893 bits per heavy atom. The van der Waals surface area contributed by atoms with Crippen molar-refractivity contribution in [2.24, 2.45) is 0 Å². The third-order valence-electron chi connectivity index (χ3n) is 16.6. The Balaban J connectivity index is 0.000000339. The summed E-state index contributed by atoms with van der Waals surface area (Å²) in [6.07, 6.45) is -1.39. The van der Waals surface area contributed by atoms with E-state index in [1.807, 2.05) is 10.6 Å². The van der Waals surface area contributed by atoms with Crippen LogP contribution in [0.3, 0.4) is 0 Å². The molecule has 0 saturated heterocycles. The quantitative estimate of drug-likeness (QED) is 0.00351. The number of carbonyl (C=O) groups excluding carboxylic acids is 10. The summed E-state index contributed by atoms with van der Waals surface area (Å²) in [5.74, 6) is -10.9. The maximum absolute atomic E-state index is 12.1. The van der Waals surface area contributed by atoms with Crippen LogP contribution >= 0.6 is 38.9 Å². The molecule has 0 spiro atoms. The number of hydroxylamine groups is 2. The number of anilines is 7. The van der Waals surface area contributed by atoms with Gasteiger partial charge in [-0.05, 0) is 118 Å². The average Bonchev–Trinajstić information content (AvgIpc) is 0.777. The van der Waals surface area contributed by atoms with Crippen molar-refractivity contribution < 1.29 is 160 Å². The van der Waals surface area contributed by atoms with Crippen molar-refractivity contribution in [3.63, 3.8) is 0 Å². The van der Waals surface area contributed by atoms with Crippen molar-refractivity contribution >= 4 is 217 Å². The highest BCUT2D eigenvalue weighted by atomic mass is 36.0. The molecule has 0 fully saturated rings. The zero-order valence-corrected chi connectivity index (χ0v) is 74.7. The smallest absolute Gasteiger partial charge is 0.414 e. The number of esters is 6. The first-order chi connectivity index (χ1) is 65.6. The molecule has 2 aliphatic rings. The van der Waals surface area contributed by atoms with E-state index in [1.54, 1.807) is 41.5 Å². The van der Waals surface area contributed by atoms with Gasteiger partial charge >= 0.3 is 52.4 Å². The Labute approximate surface area is 788 Å². The molecular formula is C72H69Cl3N21O43P+2. The Hall–Kier alpha value is -18.5. The second-order valence-electron chi connectivity index (χ2n) is 25.4. The van der Waals surface area contributed by atoms with Gasteiger partial charge in [-0.25, -0.2) is 29.3 Å². The molecule has 0 bridgehead atoms. The van der Waals surface area contributed by atoms with Gasteiger partial charge in [-0.2, -0.15) is 0 Å². The number of nitrogens with two attached hydrogens (primary N) is 1. The van der Waals surface area contributed by atoms with Crippen LogP contribution in [0.1, 0.15) is 75.4 Å². The standard InChI is InChI=1S/2C11H11N3O7.2C11H11N3O6.2C11H9N3O6.C6H5N3O4.Cl3OP/c2*1-2-21-10(16)6-9(15)12-11-7(13(17)18)4-3-5-8(11)14(19)20;4*1-2-20-11(16)9-10(15)12-8-6(13(9)17)4-3-5-7(8)14(18)19;7-6-4(8(10)11)2-1-3-5(6)9(12)13;1-5(2,3)4/h2*3-5H,2,6H2,1H3,(H,12,15);2*3-5,9,17H,2H2,1H3,(H,12,15);2*3-5H,2H2,1H3,(H-,12,15,16,17);1-3H,7H2;/p+2. The molecule has 744 valence electrons. The van der Waals surface area contributed by atoms with E-state index in [9.17, 15) is 184 Å². The minimum atomic E-state index is -3.22. The number of hydrogen-bond acceptors (Lipinski definition) is 46. The van der Waals surface area contributed by atoms with E-state index >= 15 is 0 Å². The number of amides is 4. The molecule has 140 heavy (non-hydrogen) atoms. The Morgan fingerprint density at radius 2 is 0.636 bits per heavy atom. The summed E-state index contributed by atoms with van der Waals surface area (Å²) in [6, 6.07) is 21.7. The number of nitrogen functional groups attached to an aromatic ring is 1. The minimum Gasteiger partial charge on any atom is -0.490 e. The molecule has 11 rings (SSSR count). The Kier molecular flexibility index (Phi) is 42.5. The first kappa shape index (κ1) is 114. The van der Waals surface area contributed by atoms with Crippen LogP contribution in [0.15, 0.2) is 127 Å². The van der Waals surface area contributed by atoms with Crippen molar-refractivity contribution in [3.05, 3.63) is 250 Å². The van der Waals surface area contributed by atoms with Gasteiger partial charge in [0.05, 0.1) is 109 Å². The number of rotatable bonds is 26. The van der Waals surface area contributed by atoms with Crippen molar-refractivity contribution in [1.29, 1.82) is 0 Å². The number of nitro groups is 10. The first-order valence-electron chi connectivity index (χ1n) is 38.0. The number of H-pyrrole nitrogens is 2. The summed E-state index contributed by atoms with van der Waals surface area (Å²) in [4.78, 5) is 244. The fraction of sp³-hybridized carbons (Fsp3) is 0.222. The topological polar surface area (TPSA) is 914 Å². The number of aromatic hydroxyl groups is 2. The maximum Gasteiger partial charge on any atom is 0.414 e. The molecule has 68 heteroatoms. The predicted octanol–water partition coefficient (Wildman–Crippen LogP) is 9.78. The van der Waals surface area contributed by atoms with Gasteiger partial charge in [-0.1, -0.05) is 12.1 Å². The highest BCUT2D eigenvalue weighted by Gasteiger charge is 2.44. The Bertz CT molecular complexity index is 6160. The molecule has 7 aromatic carbocycles. The number of para-hydroxylation sites is 7. The van der Waals surface area contributed by atoms with Gasteiger partial charge in [0.1, 0.15) is 24.2 Å². The number of fused-ring (bicyclic) bond motifs is 4. The molecular weight excluding hydrogens is 1980 g/mol. The zero-order valence-electron chi connectivity index (χ0n) is 71.6. The number of carbonyl (C=O) groups is 10. The highest BCUT2D eigenvalue weighted by Crippen LogP contribution is 2.61. The van der Waals surface area contributed by atoms with Gasteiger partial charge in [-0.3, -0.25) is 145 Å². The number of nitrogens with one attached hydrogen (secondary N) is 6.